The molecule has 0 spiro atoms. The van der Waals surface area contributed by atoms with Crippen LogP contribution in [0.15, 0.2) is 24.3 Å². The molecule has 1 aromatic carbocycles. The first-order valence-corrected chi connectivity index (χ1v) is 6.86. The van der Waals surface area contributed by atoms with Crippen LogP contribution in [0.4, 0.5) is 5.69 Å². The van der Waals surface area contributed by atoms with E-state index in [1.165, 1.54) is 19.4 Å². The number of piperidine rings is 1. The summed E-state index contributed by atoms with van der Waals surface area (Å²) in [5.74, 6) is 0.662. The van der Waals surface area contributed by atoms with Crippen LogP contribution in [-0.2, 0) is 0 Å². The molecule has 2 N–H and O–H groups in total. The summed E-state index contributed by atoms with van der Waals surface area (Å²) in [6.45, 7) is 3.08. The van der Waals surface area contributed by atoms with Crippen LogP contribution in [0.3, 0.4) is 0 Å². The van der Waals surface area contributed by atoms with Gasteiger partial charge in [0.15, 0.2) is 0 Å². The van der Waals surface area contributed by atoms with Crippen molar-refractivity contribution >= 4 is 11.6 Å². The Labute approximate surface area is 115 Å². The maximum absolute atomic E-state index is 12.3. The largest absolute Gasteiger partial charge is 0.399 e. The third kappa shape index (κ3) is 3.70. The third-order valence-electron chi connectivity index (χ3n) is 3.76. The molecule has 0 aliphatic carbocycles. The molecule has 1 aliphatic heterocycles. The van der Waals surface area contributed by atoms with Crippen molar-refractivity contribution in [2.45, 2.75) is 12.8 Å². The third-order valence-corrected chi connectivity index (χ3v) is 3.76. The number of likely N-dealkylation sites (tertiary alicyclic amines) is 1. The van der Waals surface area contributed by atoms with Gasteiger partial charge in [-0.3, -0.25) is 4.79 Å². The number of nitrogens with zero attached hydrogens (tertiary/aromatic N) is 2. The van der Waals surface area contributed by atoms with Crippen LogP contribution in [0.1, 0.15) is 23.2 Å². The summed E-state index contributed by atoms with van der Waals surface area (Å²) in [5.41, 5.74) is 7.03. The molecule has 1 aliphatic rings. The molecule has 0 aromatic heterocycles. The van der Waals surface area contributed by atoms with Crippen molar-refractivity contribution in [1.82, 2.24) is 9.80 Å². The van der Waals surface area contributed by atoms with E-state index in [0.717, 1.165) is 13.1 Å². The minimum absolute atomic E-state index is 0.0771. The summed E-state index contributed by atoms with van der Waals surface area (Å²) in [6.07, 6.45) is 2.44. The van der Waals surface area contributed by atoms with Crippen molar-refractivity contribution in [1.29, 1.82) is 0 Å². The van der Waals surface area contributed by atoms with Crippen molar-refractivity contribution in [3.8, 4) is 0 Å². The highest BCUT2D eigenvalue weighted by molar-refractivity contribution is 5.94. The molecule has 4 heteroatoms. The van der Waals surface area contributed by atoms with Crippen LogP contribution in [0.5, 0.6) is 0 Å². The van der Waals surface area contributed by atoms with E-state index in [-0.39, 0.29) is 5.91 Å². The standard InChI is InChI=1S/C15H23N3O/c1-17-9-3-4-12(10-17)11-18(2)15(19)13-5-7-14(16)8-6-13/h5-8,12H,3-4,9-11,16H2,1-2H3. The van der Waals surface area contributed by atoms with E-state index in [1.54, 1.807) is 24.3 Å². The van der Waals surface area contributed by atoms with Crippen LogP contribution >= 0.6 is 0 Å². The molecule has 1 atom stereocenters. The second-order valence-corrected chi connectivity index (χ2v) is 5.58. The topological polar surface area (TPSA) is 49.6 Å². The number of carbonyl (C=O) groups excluding carboxylic acids is 1. The minimum atomic E-state index is 0.0771. The van der Waals surface area contributed by atoms with E-state index in [0.29, 0.717) is 17.2 Å². The number of anilines is 1. The molecule has 1 unspecified atom stereocenters. The Kier molecular flexibility index (Phi) is 4.43. The normalized spacial score (nSPS) is 20.2. The maximum atomic E-state index is 12.3. The number of hydrogen-bond acceptors (Lipinski definition) is 3. The predicted octanol–water partition coefficient (Wildman–Crippen LogP) is 1.68. The van der Waals surface area contributed by atoms with Crippen LogP contribution < -0.4 is 5.73 Å². The van der Waals surface area contributed by atoms with Crippen LogP contribution in [0.2, 0.25) is 0 Å². The Balaban J connectivity index is 1.93. The SMILES string of the molecule is CN1CCCC(CN(C)C(=O)c2ccc(N)cc2)C1. The zero-order chi connectivity index (χ0) is 13.8. The van der Waals surface area contributed by atoms with Gasteiger partial charge in [-0.1, -0.05) is 0 Å². The number of carbonyl (C=O) groups is 1. The van der Waals surface area contributed by atoms with Gasteiger partial charge in [0.2, 0.25) is 0 Å². The van der Waals surface area contributed by atoms with Crippen molar-refractivity contribution in [2.24, 2.45) is 5.92 Å². The number of rotatable bonds is 3. The maximum Gasteiger partial charge on any atom is 0.253 e. The summed E-state index contributed by atoms with van der Waals surface area (Å²) in [4.78, 5) is 16.5. The Morgan fingerprint density at radius 1 is 1.42 bits per heavy atom. The van der Waals surface area contributed by atoms with E-state index >= 15 is 0 Å². The quantitative estimate of drug-likeness (QED) is 0.842. The Hall–Kier alpha value is -1.55. The minimum Gasteiger partial charge on any atom is -0.399 e. The molecule has 1 aromatic rings. The van der Waals surface area contributed by atoms with Gasteiger partial charge in [0.05, 0.1) is 0 Å². The fraction of sp³-hybridized carbons (Fsp3) is 0.533. The van der Waals surface area contributed by atoms with Gasteiger partial charge in [0.1, 0.15) is 0 Å². The van der Waals surface area contributed by atoms with Crippen molar-refractivity contribution < 1.29 is 4.79 Å². The zero-order valence-electron chi connectivity index (χ0n) is 11.8. The monoisotopic (exact) mass is 261 g/mol. The van der Waals surface area contributed by atoms with Crippen LogP contribution in [-0.4, -0.2) is 49.4 Å². The molecule has 2 rings (SSSR count). The van der Waals surface area contributed by atoms with Gasteiger partial charge in [-0.25, -0.2) is 0 Å². The summed E-state index contributed by atoms with van der Waals surface area (Å²) in [5, 5.41) is 0. The first-order valence-electron chi connectivity index (χ1n) is 6.86. The average Bonchev–Trinajstić information content (AvgIpc) is 2.39. The Bertz CT molecular complexity index is 430. The predicted molar refractivity (Wildman–Crippen MR) is 78.0 cm³/mol. The van der Waals surface area contributed by atoms with Crippen LogP contribution in [0.25, 0.3) is 0 Å². The van der Waals surface area contributed by atoms with Gasteiger partial charge in [-0.05, 0) is 56.6 Å². The lowest BCUT2D eigenvalue weighted by Gasteiger charge is -2.32. The van der Waals surface area contributed by atoms with Gasteiger partial charge in [0, 0.05) is 31.4 Å². The molecule has 0 bridgehead atoms. The molecule has 1 amide bonds. The molecule has 0 saturated carbocycles. The van der Waals surface area contributed by atoms with Crippen molar-refractivity contribution in [3.05, 3.63) is 29.8 Å². The van der Waals surface area contributed by atoms with E-state index in [1.807, 2.05) is 11.9 Å². The first-order chi connectivity index (χ1) is 9.06. The van der Waals surface area contributed by atoms with E-state index in [9.17, 15) is 4.79 Å². The summed E-state index contributed by atoms with van der Waals surface area (Å²) >= 11 is 0. The number of nitrogen functional groups attached to an aromatic ring is 1. The smallest absolute Gasteiger partial charge is 0.253 e. The molecule has 19 heavy (non-hydrogen) atoms. The zero-order valence-corrected chi connectivity index (χ0v) is 11.8. The summed E-state index contributed by atoms with van der Waals surface area (Å²) in [6, 6.07) is 7.13. The summed E-state index contributed by atoms with van der Waals surface area (Å²) in [7, 11) is 4.03. The van der Waals surface area contributed by atoms with Gasteiger partial charge >= 0.3 is 0 Å². The highest BCUT2D eigenvalue weighted by atomic mass is 16.2. The molecule has 1 saturated heterocycles. The molecule has 1 heterocycles. The van der Waals surface area contributed by atoms with Crippen LogP contribution in [0, 0.1) is 5.92 Å². The van der Waals surface area contributed by atoms with Gasteiger partial charge in [-0.2, -0.15) is 0 Å². The van der Waals surface area contributed by atoms with Gasteiger partial charge in [0.25, 0.3) is 5.91 Å². The lowest BCUT2D eigenvalue weighted by Crippen LogP contribution is -2.40. The number of benzene rings is 1. The lowest BCUT2D eigenvalue weighted by atomic mass is 9.98. The molecule has 4 nitrogen and oxygen atoms in total. The second-order valence-electron chi connectivity index (χ2n) is 5.58. The van der Waals surface area contributed by atoms with Crippen molar-refractivity contribution in [2.75, 3.05) is 39.5 Å². The molecule has 1 fully saturated rings. The van der Waals surface area contributed by atoms with Gasteiger partial charge < -0.3 is 15.5 Å². The van der Waals surface area contributed by atoms with Gasteiger partial charge in [-0.15, -0.1) is 0 Å². The van der Waals surface area contributed by atoms with E-state index in [4.69, 9.17) is 5.73 Å². The van der Waals surface area contributed by atoms with E-state index in [2.05, 4.69) is 11.9 Å². The molecule has 104 valence electrons. The lowest BCUT2D eigenvalue weighted by molar-refractivity contribution is 0.0741. The summed E-state index contributed by atoms with van der Waals surface area (Å²) < 4.78 is 0. The molecular weight excluding hydrogens is 238 g/mol. The second kappa shape index (κ2) is 6.06. The Morgan fingerprint density at radius 3 is 2.74 bits per heavy atom. The highest BCUT2D eigenvalue weighted by Gasteiger charge is 2.21. The number of nitrogens with two attached hydrogens (primary N) is 1. The number of amides is 1. The number of hydrogen-bond donors (Lipinski definition) is 1. The van der Waals surface area contributed by atoms with Crippen molar-refractivity contribution in [3.63, 3.8) is 0 Å². The first kappa shape index (κ1) is 13.9. The fourth-order valence-electron chi connectivity index (χ4n) is 2.74. The highest BCUT2D eigenvalue weighted by Crippen LogP contribution is 2.17. The fourth-order valence-corrected chi connectivity index (χ4v) is 2.74. The molecular formula is C15H23N3O. The Morgan fingerprint density at radius 2 is 2.11 bits per heavy atom. The van der Waals surface area contributed by atoms with E-state index < -0.39 is 0 Å². The molecule has 0 radical (unpaired) electrons. The average molecular weight is 261 g/mol.